The first-order chi connectivity index (χ1) is 14.7. The van der Waals surface area contributed by atoms with E-state index in [-0.39, 0.29) is 11.2 Å². The maximum Gasteiger partial charge on any atom is 0.319 e. The molecule has 0 bridgehead atoms. The van der Waals surface area contributed by atoms with Gasteiger partial charge in [0.25, 0.3) is 0 Å². The lowest BCUT2D eigenvalue weighted by molar-refractivity contribution is -0.137. The fourth-order valence-corrected chi connectivity index (χ4v) is 5.21. The Balaban J connectivity index is 1.78. The molecule has 2 aromatic rings. The molecule has 4 rings (SSSR count). The van der Waals surface area contributed by atoms with Gasteiger partial charge in [-0.2, -0.15) is 0 Å². The Morgan fingerprint density at radius 3 is 2.27 bits per heavy atom. The Morgan fingerprint density at radius 2 is 1.70 bits per heavy atom. The van der Waals surface area contributed by atoms with E-state index in [9.17, 15) is 4.79 Å². The standard InChI is InChI=1S/C21H27N3O5S/c1-26-15-11-13(12-16(27-2)18(15)28-3)19-22-23-21(30-17-9-10-29-20(17)25)24(19)14-7-5-4-6-8-14/h11-12,14,17H,4-10H2,1-3H3/t17-/m1/s1. The number of carbonyl (C=O) groups excluding carboxylic acids is 1. The minimum absolute atomic E-state index is 0.174. The number of benzene rings is 1. The number of hydrogen-bond acceptors (Lipinski definition) is 8. The second kappa shape index (κ2) is 9.16. The van der Waals surface area contributed by atoms with Crippen molar-refractivity contribution in [2.24, 2.45) is 0 Å². The van der Waals surface area contributed by atoms with Gasteiger partial charge in [-0.1, -0.05) is 31.0 Å². The molecular formula is C21H27N3O5S. The van der Waals surface area contributed by atoms with Crippen molar-refractivity contribution in [3.8, 4) is 28.6 Å². The van der Waals surface area contributed by atoms with Gasteiger partial charge in [0, 0.05) is 18.0 Å². The molecule has 0 unspecified atom stereocenters. The molecule has 2 aliphatic rings. The highest BCUT2D eigenvalue weighted by Gasteiger charge is 2.32. The number of ether oxygens (including phenoxy) is 4. The summed E-state index contributed by atoms with van der Waals surface area (Å²) >= 11 is 1.45. The van der Waals surface area contributed by atoms with Gasteiger partial charge in [-0.05, 0) is 25.0 Å². The minimum Gasteiger partial charge on any atom is -0.493 e. The molecule has 0 radical (unpaired) electrons. The molecule has 1 saturated heterocycles. The van der Waals surface area contributed by atoms with Crippen molar-refractivity contribution in [1.29, 1.82) is 0 Å². The summed E-state index contributed by atoms with van der Waals surface area (Å²) in [4.78, 5) is 12.0. The van der Waals surface area contributed by atoms with Crippen molar-refractivity contribution < 1.29 is 23.7 Å². The zero-order valence-corrected chi connectivity index (χ0v) is 18.4. The van der Waals surface area contributed by atoms with Crippen molar-refractivity contribution in [1.82, 2.24) is 14.8 Å². The summed E-state index contributed by atoms with van der Waals surface area (Å²) in [7, 11) is 4.78. The molecular weight excluding hydrogens is 406 g/mol. The lowest BCUT2D eigenvalue weighted by atomic mass is 9.95. The van der Waals surface area contributed by atoms with E-state index in [1.807, 2.05) is 12.1 Å². The second-order valence-corrected chi connectivity index (χ2v) is 8.61. The van der Waals surface area contributed by atoms with Crippen molar-refractivity contribution in [3.63, 3.8) is 0 Å². The molecule has 0 spiro atoms. The summed E-state index contributed by atoms with van der Waals surface area (Å²) in [5.41, 5.74) is 0.837. The zero-order chi connectivity index (χ0) is 21.1. The van der Waals surface area contributed by atoms with Gasteiger partial charge < -0.3 is 18.9 Å². The summed E-state index contributed by atoms with van der Waals surface area (Å²) in [6.45, 7) is 0.466. The molecule has 2 heterocycles. The highest BCUT2D eigenvalue weighted by Crippen LogP contribution is 2.43. The van der Waals surface area contributed by atoms with Gasteiger partial charge in [-0.25, -0.2) is 0 Å². The first kappa shape index (κ1) is 20.8. The number of rotatable bonds is 7. The van der Waals surface area contributed by atoms with Crippen LogP contribution >= 0.6 is 11.8 Å². The Hall–Kier alpha value is -2.42. The molecule has 1 aliphatic heterocycles. The SMILES string of the molecule is COc1cc(-c2nnc(S[C@@H]3CCOC3=O)n2C2CCCCC2)cc(OC)c1OC. The number of hydrogen-bond donors (Lipinski definition) is 0. The maximum atomic E-state index is 12.0. The van der Waals surface area contributed by atoms with E-state index in [1.54, 1.807) is 21.3 Å². The lowest BCUT2D eigenvalue weighted by Crippen LogP contribution is -2.17. The third-order valence-corrected chi connectivity index (χ3v) is 6.86. The molecule has 1 aromatic heterocycles. The third-order valence-electron chi connectivity index (χ3n) is 5.66. The van der Waals surface area contributed by atoms with E-state index in [0.29, 0.717) is 36.3 Å². The van der Waals surface area contributed by atoms with Gasteiger partial charge in [0.05, 0.1) is 27.9 Å². The van der Waals surface area contributed by atoms with Crippen LogP contribution in [0.15, 0.2) is 17.3 Å². The molecule has 0 N–H and O–H groups in total. The van der Waals surface area contributed by atoms with Crippen molar-refractivity contribution in [2.45, 2.75) is 55.0 Å². The average molecular weight is 434 g/mol. The number of carbonyl (C=O) groups is 1. The number of nitrogens with zero attached hydrogens (tertiary/aromatic N) is 3. The quantitative estimate of drug-likeness (QED) is 0.608. The average Bonchev–Trinajstić information content (AvgIpc) is 3.39. The van der Waals surface area contributed by atoms with Crippen LogP contribution in [-0.2, 0) is 9.53 Å². The Labute approximate surface area is 180 Å². The maximum absolute atomic E-state index is 12.0. The van der Waals surface area contributed by atoms with Crippen LogP contribution in [0, 0.1) is 0 Å². The van der Waals surface area contributed by atoms with Crippen molar-refractivity contribution in [2.75, 3.05) is 27.9 Å². The van der Waals surface area contributed by atoms with Crippen LogP contribution in [0.3, 0.4) is 0 Å². The van der Waals surface area contributed by atoms with Crippen LogP contribution < -0.4 is 14.2 Å². The Bertz CT molecular complexity index is 885. The van der Waals surface area contributed by atoms with E-state index >= 15 is 0 Å². The minimum atomic E-state index is -0.232. The van der Waals surface area contributed by atoms with Gasteiger partial charge in [-0.3, -0.25) is 9.36 Å². The van der Waals surface area contributed by atoms with Crippen LogP contribution in [0.1, 0.15) is 44.6 Å². The number of aromatic nitrogens is 3. The van der Waals surface area contributed by atoms with E-state index in [1.165, 1.54) is 31.0 Å². The van der Waals surface area contributed by atoms with Crippen LogP contribution in [-0.4, -0.2) is 53.9 Å². The predicted molar refractivity (Wildman–Crippen MR) is 112 cm³/mol. The molecule has 30 heavy (non-hydrogen) atoms. The van der Waals surface area contributed by atoms with E-state index < -0.39 is 0 Å². The number of thioether (sulfide) groups is 1. The smallest absolute Gasteiger partial charge is 0.319 e. The molecule has 162 valence electrons. The number of cyclic esters (lactones) is 1. The number of esters is 1. The topological polar surface area (TPSA) is 84.7 Å². The lowest BCUT2D eigenvalue weighted by Gasteiger charge is -2.26. The number of methoxy groups -OCH3 is 3. The molecule has 1 atom stereocenters. The molecule has 1 aromatic carbocycles. The van der Waals surface area contributed by atoms with Gasteiger partial charge >= 0.3 is 5.97 Å². The van der Waals surface area contributed by atoms with Gasteiger partial charge in [0.2, 0.25) is 5.75 Å². The molecule has 1 saturated carbocycles. The van der Waals surface area contributed by atoms with Crippen LogP contribution in [0.4, 0.5) is 0 Å². The van der Waals surface area contributed by atoms with Gasteiger partial charge in [0.1, 0.15) is 5.25 Å². The van der Waals surface area contributed by atoms with Gasteiger partial charge in [-0.15, -0.1) is 10.2 Å². The normalized spacial score (nSPS) is 19.6. The fourth-order valence-electron chi connectivity index (χ4n) is 4.14. The van der Waals surface area contributed by atoms with Crippen LogP contribution in [0.5, 0.6) is 17.2 Å². The van der Waals surface area contributed by atoms with Crippen molar-refractivity contribution >= 4 is 17.7 Å². The largest absolute Gasteiger partial charge is 0.493 e. The van der Waals surface area contributed by atoms with Crippen molar-refractivity contribution in [3.05, 3.63) is 12.1 Å². The molecule has 1 aliphatic carbocycles. The predicted octanol–water partition coefficient (Wildman–Crippen LogP) is 3.88. The van der Waals surface area contributed by atoms with E-state index in [4.69, 9.17) is 18.9 Å². The first-order valence-corrected chi connectivity index (χ1v) is 11.1. The fraction of sp³-hybridized carbons (Fsp3) is 0.571. The third kappa shape index (κ3) is 3.95. The highest BCUT2D eigenvalue weighted by molar-refractivity contribution is 8.00. The second-order valence-electron chi connectivity index (χ2n) is 7.44. The summed E-state index contributed by atoms with van der Waals surface area (Å²) in [5, 5.41) is 9.52. The Kier molecular flexibility index (Phi) is 6.36. The summed E-state index contributed by atoms with van der Waals surface area (Å²) in [6, 6.07) is 4.08. The Morgan fingerprint density at radius 1 is 1.00 bits per heavy atom. The first-order valence-electron chi connectivity index (χ1n) is 10.2. The molecule has 0 amide bonds. The molecule has 9 heteroatoms. The monoisotopic (exact) mass is 433 g/mol. The van der Waals surface area contributed by atoms with Crippen LogP contribution in [0.25, 0.3) is 11.4 Å². The van der Waals surface area contributed by atoms with Crippen LogP contribution in [0.2, 0.25) is 0 Å². The summed E-state index contributed by atoms with van der Waals surface area (Å²) < 4.78 is 23.8. The zero-order valence-electron chi connectivity index (χ0n) is 17.6. The summed E-state index contributed by atoms with van der Waals surface area (Å²) in [5.74, 6) is 2.25. The summed E-state index contributed by atoms with van der Waals surface area (Å²) in [6.07, 6.45) is 6.42. The van der Waals surface area contributed by atoms with E-state index in [2.05, 4.69) is 14.8 Å². The molecule has 2 fully saturated rings. The van der Waals surface area contributed by atoms with E-state index in [0.717, 1.165) is 29.4 Å². The van der Waals surface area contributed by atoms with Gasteiger partial charge in [0.15, 0.2) is 22.5 Å². The molecule has 8 nitrogen and oxygen atoms in total. The highest BCUT2D eigenvalue weighted by atomic mass is 32.2.